The Bertz CT molecular complexity index is 982. The smallest absolute Gasteiger partial charge is 0.323 e. The number of unbranched alkanes of at least 4 members (excludes halogenated alkanes) is 2. The molecule has 0 fully saturated rings. The largest absolute Gasteiger partial charge is 0.416 e. The van der Waals surface area contributed by atoms with Gasteiger partial charge in [-0.05, 0) is 44.5 Å². The molecule has 1 N–H and O–H groups in total. The average molecular weight is 431 g/mol. The number of benzene rings is 1. The second-order valence-corrected chi connectivity index (χ2v) is 9.10. The summed E-state index contributed by atoms with van der Waals surface area (Å²) in [5.41, 5.74) is 0.423. The van der Waals surface area contributed by atoms with E-state index in [4.69, 9.17) is 0 Å². The SMILES string of the molecule is CCCCCS(=O)(=O)CC(=O)Nc1cc(C(F)(F)F)ccc1-n1nc(C)cc1C. The molecule has 0 saturated heterocycles. The number of sulfone groups is 1. The van der Waals surface area contributed by atoms with Crippen molar-refractivity contribution in [1.29, 1.82) is 0 Å². The standard InChI is InChI=1S/C19H24F3N3O3S/c1-4-5-6-9-29(27,28)12-18(26)23-16-11-15(19(20,21)22)7-8-17(16)25-14(3)10-13(2)24-25/h7-8,10-11H,4-6,9,12H2,1-3H3,(H,23,26). The number of aromatic nitrogens is 2. The number of nitrogens with zero attached hydrogens (tertiary/aromatic N) is 2. The molecule has 0 saturated carbocycles. The highest BCUT2D eigenvalue weighted by atomic mass is 32.2. The number of carbonyl (C=O) groups is 1. The van der Waals surface area contributed by atoms with Gasteiger partial charge in [-0.3, -0.25) is 4.79 Å². The molecule has 0 bridgehead atoms. The van der Waals surface area contributed by atoms with E-state index in [1.807, 2.05) is 6.92 Å². The molecule has 0 spiro atoms. The number of carbonyl (C=O) groups excluding carboxylic acids is 1. The van der Waals surface area contributed by atoms with Gasteiger partial charge in [0.1, 0.15) is 5.75 Å². The molecular weight excluding hydrogens is 407 g/mol. The fraction of sp³-hybridized carbons (Fsp3) is 0.474. The summed E-state index contributed by atoms with van der Waals surface area (Å²) >= 11 is 0. The Balaban J connectivity index is 2.34. The lowest BCUT2D eigenvalue weighted by molar-refractivity contribution is -0.137. The van der Waals surface area contributed by atoms with Crippen molar-refractivity contribution in [2.24, 2.45) is 0 Å². The number of aryl methyl sites for hydroxylation is 2. The third kappa shape index (κ3) is 6.31. The van der Waals surface area contributed by atoms with Gasteiger partial charge in [-0.25, -0.2) is 13.1 Å². The molecule has 160 valence electrons. The Kier molecular flexibility index (Phi) is 7.10. The zero-order valence-corrected chi connectivity index (χ0v) is 17.3. The van der Waals surface area contributed by atoms with Crippen LogP contribution in [0.4, 0.5) is 18.9 Å². The van der Waals surface area contributed by atoms with Crippen LogP contribution in [0.25, 0.3) is 5.69 Å². The van der Waals surface area contributed by atoms with Gasteiger partial charge in [-0.1, -0.05) is 19.8 Å². The van der Waals surface area contributed by atoms with Gasteiger partial charge in [-0.2, -0.15) is 18.3 Å². The minimum Gasteiger partial charge on any atom is -0.323 e. The first-order chi connectivity index (χ1) is 13.4. The molecule has 2 rings (SSSR count). The van der Waals surface area contributed by atoms with Gasteiger partial charge in [0.25, 0.3) is 0 Å². The van der Waals surface area contributed by atoms with Crippen molar-refractivity contribution in [2.75, 3.05) is 16.8 Å². The monoisotopic (exact) mass is 431 g/mol. The number of alkyl halides is 3. The lowest BCUT2D eigenvalue weighted by atomic mass is 10.1. The summed E-state index contributed by atoms with van der Waals surface area (Å²) in [6.45, 7) is 5.38. The van der Waals surface area contributed by atoms with Crippen molar-refractivity contribution >= 4 is 21.4 Å². The van der Waals surface area contributed by atoms with E-state index >= 15 is 0 Å². The molecule has 1 aromatic carbocycles. The van der Waals surface area contributed by atoms with Crippen LogP contribution in [-0.4, -0.2) is 35.6 Å². The fourth-order valence-electron chi connectivity index (χ4n) is 2.90. The molecule has 0 radical (unpaired) electrons. The van der Waals surface area contributed by atoms with E-state index in [-0.39, 0.29) is 17.1 Å². The summed E-state index contributed by atoms with van der Waals surface area (Å²) in [5.74, 6) is -1.81. The van der Waals surface area contributed by atoms with Crippen LogP contribution in [0, 0.1) is 13.8 Å². The van der Waals surface area contributed by atoms with E-state index in [0.717, 1.165) is 25.0 Å². The van der Waals surface area contributed by atoms with Crippen LogP contribution in [0.5, 0.6) is 0 Å². The van der Waals surface area contributed by atoms with E-state index in [1.165, 1.54) is 10.7 Å². The molecule has 0 aliphatic rings. The van der Waals surface area contributed by atoms with Crippen LogP contribution in [0.3, 0.4) is 0 Å². The molecule has 0 unspecified atom stereocenters. The molecule has 29 heavy (non-hydrogen) atoms. The average Bonchev–Trinajstić information content (AvgIpc) is 2.91. The lowest BCUT2D eigenvalue weighted by Gasteiger charge is -2.16. The molecule has 0 aliphatic carbocycles. The highest BCUT2D eigenvalue weighted by molar-refractivity contribution is 7.92. The van der Waals surface area contributed by atoms with Crippen LogP contribution in [0.2, 0.25) is 0 Å². The van der Waals surface area contributed by atoms with Gasteiger partial charge in [0.2, 0.25) is 5.91 Å². The molecule has 1 aromatic heterocycles. The predicted octanol–water partition coefficient (Wildman–Crippen LogP) is 4.05. The Morgan fingerprint density at radius 1 is 1.17 bits per heavy atom. The maximum atomic E-state index is 13.1. The summed E-state index contributed by atoms with van der Waals surface area (Å²) in [6.07, 6.45) is -2.62. The van der Waals surface area contributed by atoms with Crippen molar-refractivity contribution in [3.8, 4) is 5.69 Å². The van der Waals surface area contributed by atoms with Gasteiger partial charge in [-0.15, -0.1) is 0 Å². The number of halogens is 3. The van der Waals surface area contributed by atoms with Crippen molar-refractivity contribution in [3.63, 3.8) is 0 Å². The first-order valence-electron chi connectivity index (χ1n) is 9.18. The molecule has 1 amide bonds. The summed E-state index contributed by atoms with van der Waals surface area (Å²) in [7, 11) is -3.65. The topological polar surface area (TPSA) is 81.1 Å². The maximum absolute atomic E-state index is 13.1. The summed E-state index contributed by atoms with van der Waals surface area (Å²) in [6, 6.07) is 4.62. The van der Waals surface area contributed by atoms with E-state index in [0.29, 0.717) is 17.8 Å². The molecule has 2 aromatic rings. The number of rotatable bonds is 8. The van der Waals surface area contributed by atoms with Crippen molar-refractivity contribution in [1.82, 2.24) is 9.78 Å². The van der Waals surface area contributed by atoms with Gasteiger partial charge in [0.05, 0.1) is 28.4 Å². The summed E-state index contributed by atoms with van der Waals surface area (Å²) in [4.78, 5) is 12.3. The zero-order valence-electron chi connectivity index (χ0n) is 16.5. The second kappa shape index (κ2) is 8.98. The van der Waals surface area contributed by atoms with Gasteiger partial charge in [0, 0.05) is 5.69 Å². The zero-order chi connectivity index (χ0) is 21.8. The van der Waals surface area contributed by atoms with E-state index in [2.05, 4.69) is 10.4 Å². The first kappa shape index (κ1) is 22.9. The number of amides is 1. The molecular formula is C19H24F3N3O3S. The predicted molar refractivity (Wildman–Crippen MR) is 105 cm³/mol. The normalized spacial score (nSPS) is 12.2. The quantitative estimate of drug-likeness (QED) is 0.640. The number of nitrogens with one attached hydrogen (secondary N) is 1. The molecule has 1 heterocycles. The molecule has 0 atom stereocenters. The maximum Gasteiger partial charge on any atom is 0.416 e. The lowest BCUT2D eigenvalue weighted by Crippen LogP contribution is -2.25. The van der Waals surface area contributed by atoms with Gasteiger partial charge in [0.15, 0.2) is 9.84 Å². The van der Waals surface area contributed by atoms with Crippen LogP contribution in [-0.2, 0) is 20.8 Å². The highest BCUT2D eigenvalue weighted by Gasteiger charge is 2.31. The van der Waals surface area contributed by atoms with E-state index in [9.17, 15) is 26.4 Å². The minimum absolute atomic E-state index is 0.138. The molecule has 6 nitrogen and oxygen atoms in total. The summed E-state index contributed by atoms with van der Waals surface area (Å²) < 4.78 is 65.0. The molecule has 10 heteroatoms. The van der Waals surface area contributed by atoms with Crippen molar-refractivity contribution < 1.29 is 26.4 Å². The third-order valence-electron chi connectivity index (χ3n) is 4.25. The number of hydrogen-bond acceptors (Lipinski definition) is 4. The molecule has 0 aliphatic heterocycles. The van der Waals surface area contributed by atoms with Gasteiger partial charge >= 0.3 is 6.18 Å². The Labute approximate surface area is 168 Å². The number of hydrogen-bond donors (Lipinski definition) is 1. The van der Waals surface area contributed by atoms with Crippen LogP contribution < -0.4 is 5.32 Å². The number of anilines is 1. The fourth-order valence-corrected chi connectivity index (χ4v) is 4.16. The summed E-state index contributed by atoms with van der Waals surface area (Å²) in [5, 5.41) is 6.56. The van der Waals surface area contributed by atoms with Crippen LogP contribution >= 0.6 is 0 Å². The Morgan fingerprint density at radius 3 is 2.41 bits per heavy atom. The van der Waals surface area contributed by atoms with E-state index < -0.39 is 33.2 Å². The second-order valence-electron chi connectivity index (χ2n) is 6.92. The van der Waals surface area contributed by atoms with Gasteiger partial charge < -0.3 is 5.32 Å². The van der Waals surface area contributed by atoms with Crippen LogP contribution in [0.15, 0.2) is 24.3 Å². The minimum atomic E-state index is -4.61. The first-order valence-corrected chi connectivity index (χ1v) is 11.0. The Hall–Kier alpha value is -2.36. The third-order valence-corrected chi connectivity index (χ3v) is 5.86. The Morgan fingerprint density at radius 2 is 1.86 bits per heavy atom. The highest BCUT2D eigenvalue weighted by Crippen LogP contribution is 2.33. The van der Waals surface area contributed by atoms with E-state index in [1.54, 1.807) is 19.9 Å². The van der Waals surface area contributed by atoms with Crippen molar-refractivity contribution in [2.45, 2.75) is 46.2 Å². The van der Waals surface area contributed by atoms with Crippen LogP contribution in [0.1, 0.15) is 43.1 Å². The van der Waals surface area contributed by atoms with Crippen molar-refractivity contribution in [3.05, 3.63) is 41.2 Å².